The van der Waals surface area contributed by atoms with Gasteiger partial charge in [-0.25, -0.2) is 8.42 Å². The fraction of sp³-hybridized carbons (Fsp3) is 1.00. The average molecular weight is 194 g/mol. The lowest BCUT2D eigenvalue weighted by Crippen LogP contribution is -2.51. The highest BCUT2D eigenvalue weighted by Crippen LogP contribution is 2.11. The maximum atomic E-state index is 11.0. The molecule has 0 aromatic heterocycles. The first-order valence-corrected chi connectivity index (χ1v) is 5.65. The van der Waals surface area contributed by atoms with Gasteiger partial charge in [0, 0.05) is 19.1 Å². The number of piperidine rings is 1. The zero-order valence-corrected chi connectivity index (χ0v) is 7.79. The summed E-state index contributed by atoms with van der Waals surface area (Å²) in [6.45, 7) is 0.539. The number of hydrogen-bond acceptors (Lipinski definition) is 4. The quantitative estimate of drug-likeness (QED) is 0.523. The monoisotopic (exact) mass is 194 g/mol. The van der Waals surface area contributed by atoms with Crippen molar-refractivity contribution >= 4 is 10.0 Å². The molecule has 3 N–H and O–H groups in total. The molecule has 0 aromatic carbocycles. The van der Waals surface area contributed by atoms with E-state index in [4.69, 9.17) is 5.73 Å². The number of rotatable bonds is 1. The summed E-state index contributed by atoms with van der Waals surface area (Å²) in [5.41, 5.74) is 5.51. The summed E-state index contributed by atoms with van der Waals surface area (Å²) < 4.78 is 23.3. The van der Waals surface area contributed by atoms with Gasteiger partial charge < -0.3 is 10.8 Å². The third-order valence-corrected chi connectivity index (χ3v) is 3.34. The van der Waals surface area contributed by atoms with Crippen molar-refractivity contribution in [2.75, 3.05) is 19.3 Å². The predicted molar refractivity (Wildman–Crippen MR) is 45.0 cm³/mol. The molecule has 1 rings (SSSR count). The van der Waals surface area contributed by atoms with Crippen LogP contribution in [0.5, 0.6) is 0 Å². The maximum absolute atomic E-state index is 11.0. The maximum Gasteiger partial charge on any atom is 0.211 e. The number of aliphatic hydroxyl groups is 1. The summed E-state index contributed by atoms with van der Waals surface area (Å²) >= 11 is 0. The van der Waals surface area contributed by atoms with Gasteiger partial charge >= 0.3 is 0 Å². The predicted octanol–water partition coefficient (Wildman–Crippen LogP) is -1.66. The van der Waals surface area contributed by atoms with E-state index in [0.29, 0.717) is 13.0 Å². The van der Waals surface area contributed by atoms with Crippen LogP contribution in [-0.2, 0) is 10.0 Å². The molecule has 6 heteroatoms. The molecule has 12 heavy (non-hydrogen) atoms. The van der Waals surface area contributed by atoms with Crippen LogP contribution < -0.4 is 5.73 Å². The highest BCUT2D eigenvalue weighted by Gasteiger charge is 2.29. The Hall–Kier alpha value is -0.170. The Kier molecular flexibility index (Phi) is 2.72. The number of nitrogens with two attached hydrogens (primary N) is 1. The van der Waals surface area contributed by atoms with Crippen LogP contribution in [0.3, 0.4) is 0 Å². The third kappa shape index (κ3) is 2.16. The van der Waals surface area contributed by atoms with Crippen LogP contribution in [0.1, 0.15) is 6.42 Å². The van der Waals surface area contributed by atoms with Crippen LogP contribution in [0.4, 0.5) is 0 Å². The molecule has 0 aromatic rings. The van der Waals surface area contributed by atoms with Crippen molar-refractivity contribution in [2.24, 2.45) is 5.73 Å². The van der Waals surface area contributed by atoms with E-state index in [9.17, 15) is 13.5 Å². The fourth-order valence-electron chi connectivity index (χ4n) is 1.22. The second kappa shape index (κ2) is 3.29. The van der Waals surface area contributed by atoms with E-state index in [1.807, 2.05) is 0 Å². The Labute approximate surface area is 72.2 Å². The Morgan fingerprint density at radius 3 is 2.58 bits per heavy atom. The van der Waals surface area contributed by atoms with Crippen LogP contribution in [0.2, 0.25) is 0 Å². The van der Waals surface area contributed by atoms with Crippen LogP contribution >= 0.6 is 0 Å². The molecule has 2 unspecified atom stereocenters. The smallest absolute Gasteiger partial charge is 0.211 e. The van der Waals surface area contributed by atoms with E-state index in [1.54, 1.807) is 0 Å². The summed E-state index contributed by atoms with van der Waals surface area (Å²) in [5, 5.41) is 9.28. The molecular weight excluding hydrogens is 180 g/mol. The SMILES string of the molecule is CS(=O)(=O)N1CCC(N)C(O)C1. The van der Waals surface area contributed by atoms with Crippen molar-refractivity contribution in [1.82, 2.24) is 4.31 Å². The summed E-state index contributed by atoms with van der Waals surface area (Å²) in [5.74, 6) is 0. The van der Waals surface area contributed by atoms with Gasteiger partial charge in [-0.3, -0.25) is 0 Å². The molecule has 0 spiro atoms. The average Bonchev–Trinajstić information content (AvgIpc) is 1.92. The van der Waals surface area contributed by atoms with Gasteiger partial charge in [0.05, 0.1) is 12.4 Å². The molecular formula is C6H14N2O3S. The lowest BCUT2D eigenvalue weighted by atomic mass is 10.1. The highest BCUT2D eigenvalue weighted by molar-refractivity contribution is 7.88. The minimum absolute atomic E-state index is 0.125. The summed E-state index contributed by atoms with van der Waals surface area (Å²) in [6.07, 6.45) is 0.929. The normalized spacial score (nSPS) is 33.6. The Bertz CT molecular complexity index is 252. The van der Waals surface area contributed by atoms with Crippen LogP contribution in [0, 0.1) is 0 Å². The molecule has 1 heterocycles. The summed E-state index contributed by atoms with van der Waals surface area (Å²) in [6, 6.07) is -0.289. The molecule has 1 aliphatic rings. The molecule has 5 nitrogen and oxygen atoms in total. The number of sulfonamides is 1. The second-order valence-electron chi connectivity index (χ2n) is 3.14. The summed E-state index contributed by atoms with van der Waals surface area (Å²) in [4.78, 5) is 0. The molecule has 0 aliphatic carbocycles. The molecule has 0 radical (unpaired) electrons. The first-order valence-electron chi connectivity index (χ1n) is 3.80. The second-order valence-corrected chi connectivity index (χ2v) is 5.12. The Morgan fingerprint density at radius 2 is 2.17 bits per heavy atom. The van der Waals surface area contributed by atoms with Gasteiger partial charge in [0.1, 0.15) is 0 Å². The molecule has 72 valence electrons. The molecule has 0 amide bonds. The largest absolute Gasteiger partial charge is 0.390 e. The highest BCUT2D eigenvalue weighted by atomic mass is 32.2. The van der Waals surface area contributed by atoms with E-state index in [-0.39, 0.29) is 12.6 Å². The van der Waals surface area contributed by atoms with Crippen LogP contribution in [0.15, 0.2) is 0 Å². The van der Waals surface area contributed by atoms with E-state index in [2.05, 4.69) is 0 Å². The lowest BCUT2D eigenvalue weighted by molar-refractivity contribution is 0.0880. The minimum Gasteiger partial charge on any atom is -0.390 e. The molecule has 0 bridgehead atoms. The first kappa shape index (κ1) is 9.91. The van der Waals surface area contributed by atoms with Gasteiger partial charge in [0.25, 0.3) is 0 Å². The topological polar surface area (TPSA) is 83.6 Å². The van der Waals surface area contributed by atoms with Gasteiger partial charge in [-0.05, 0) is 6.42 Å². The Balaban J connectivity index is 2.64. The standard InChI is InChI=1S/C6H14N2O3S/c1-12(10,11)8-3-2-5(7)6(9)4-8/h5-6,9H,2-4,7H2,1H3. The lowest BCUT2D eigenvalue weighted by Gasteiger charge is -2.32. The minimum atomic E-state index is -3.16. The Morgan fingerprint density at radius 1 is 1.58 bits per heavy atom. The van der Waals surface area contributed by atoms with E-state index < -0.39 is 16.1 Å². The number of aliphatic hydroxyl groups excluding tert-OH is 1. The molecule has 1 fully saturated rings. The van der Waals surface area contributed by atoms with Crippen molar-refractivity contribution < 1.29 is 13.5 Å². The fourth-order valence-corrected chi connectivity index (χ4v) is 2.08. The van der Waals surface area contributed by atoms with Gasteiger partial charge in [-0.1, -0.05) is 0 Å². The molecule has 0 saturated carbocycles. The van der Waals surface area contributed by atoms with Crippen molar-refractivity contribution in [1.29, 1.82) is 0 Å². The zero-order valence-electron chi connectivity index (χ0n) is 6.97. The number of nitrogens with zero attached hydrogens (tertiary/aromatic N) is 1. The van der Waals surface area contributed by atoms with Crippen molar-refractivity contribution in [2.45, 2.75) is 18.6 Å². The number of β-amino-alcohol motifs (C(OH)–C–C–N with tert-alkyl or cyclic N) is 1. The van der Waals surface area contributed by atoms with E-state index in [0.717, 1.165) is 6.26 Å². The molecule has 2 atom stereocenters. The van der Waals surface area contributed by atoms with Gasteiger partial charge in [0.2, 0.25) is 10.0 Å². The summed E-state index contributed by atoms with van der Waals surface area (Å²) in [7, 11) is -3.16. The third-order valence-electron chi connectivity index (χ3n) is 2.07. The van der Waals surface area contributed by atoms with Crippen molar-refractivity contribution in [3.8, 4) is 0 Å². The van der Waals surface area contributed by atoms with Gasteiger partial charge in [-0.15, -0.1) is 0 Å². The first-order chi connectivity index (χ1) is 5.41. The van der Waals surface area contributed by atoms with Crippen molar-refractivity contribution in [3.05, 3.63) is 0 Å². The van der Waals surface area contributed by atoms with Crippen LogP contribution in [-0.4, -0.2) is 49.3 Å². The van der Waals surface area contributed by atoms with Crippen LogP contribution in [0.25, 0.3) is 0 Å². The molecule has 1 saturated heterocycles. The zero-order chi connectivity index (χ0) is 9.35. The van der Waals surface area contributed by atoms with E-state index in [1.165, 1.54) is 4.31 Å². The van der Waals surface area contributed by atoms with Gasteiger partial charge in [-0.2, -0.15) is 4.31 Å². The molecule has 1 aliphatic heterocycles. The van der Waals surface area contributed by atoms with Crippen molar-refractivity contribution in [3.63, 3.8) is 0 Å². The van der Waals surface area contributed by atoms with E-state index >= 15 is 0 Å². The van der Waals surface area contributed by atoms with Gasteiger partial charge in [0.15, 0.2) is 0 Å². The number of hydrogen-bond donors (Lipinski definition) is 2.